The average Bonchev–Trinajstić information content (AvgIpc) is 2.91. The fourth-order valence-electron chi connectivity index (χ4n) is 2.25. The number of nitrogens with one attached hydrogen (secondary N) is 1. The van der Waals surface area contributed by atoms with Crippen molar-refractivity contribution in [3.8, 4) is 0 Å². The van der Waals surface area contributed by atoms with E-state index >= 15 is 0 Å². The normalized spacial score (nSPS) is 15.3. The van der Waals surface area contributed by atoms with Gasteiger partial charge in [0.2, 0.25) is 0 Å². The molecule has 1 N–H and O–H groups in total. The fraction of sp³-hybridized carbons (Fsp3) is 0.615. The third-order valence-corrected chi connectivity index (χ3v) is 3.34. The second-order valence-electron chi connectivity index (χ2n) is 4.82. The van der Waals surface area contributed by atoms with Crippen LogP contribution in [-0.4, -0.2) is 42.7 Å². The summed E-state index contributed by atoms with van der Waals surface area (Å²) >= 11 is 0. The molecule has 0 aromatic carbocycles. The van der Waals surface area contributed by atoms with Gasteiger partial charge in [-0.3, -0.25) is 4.79 Å². The number of likely N-dealkylation sites (N-methyl/N-ethyl adjacent to an activating group) is 1. The summed E-state index contributed by atoms with van der Waals surface area (Å²) in [4.78, 5) is 21.4. The number of nitrogens with zero attached hydrogens (tertiary/aromatic N) is 3. The summed E-state index contributed by atoms with van der Waals surface area (Å²) in [5, 5.41) is 3.41. The van der Waals surface area contributed by atoms with Gasteiger partial charge in [0.1, 0.15) is 24.5 Å². The topological polar surface area (TPSA) is 67.3 Å². The molecule has 1 saturated carbocycles. The molecule has 19 heavy (non-hydrogen) atoms. The minimum Gasteiger partial charge on any atom is -0.468 e. The quantitative estimate of drug-likeness (QED) is 0.812. The summed E-state index contributed by atoms with van der Waals surface area (Å²) in [6.07, 6.45) is 6.45. The van der Waals surface area contributed by atoms with Crippen molar-refractivity contribution in [3.05, 3.63) is 12.4 Å². The van der Waals surface area contributed by atoms with E-state index in [0.29, 0.717) is 11.9 Å². The van der Waals surface area contributed by atoms with Gasteiger partial charge in [-0.05, 0) is 12.8 Å². The zero-order valence-corrected chi connectivity index (χ0v) is 11.4. The molecule has 0 amide bonds. The van der Waals surface area contributed by atoms with Crippen LogP contribution < -0.4 is 10.2 Å². The van der Waals surface area contributed by atoms with Crippen LogP contribution in [0.5, 0.6) is 0 Å². The number of anilines is 2. The van der Waals surface area contributed by atoms with Crippen LogP contribution in [0.2, 0.25) is 0 Å². The van der Waals surface area contributed by atoms with Crippen LogP contribution in [0.3, 0.4) is 0 Å². The maximum absolute atomic E-state index is 11.2. The third kappa shape index (κ3) is 3.81. The van der Waals surface area contributed by atoms with E-state index in [2.05, 4.69) is 20.0 Å². The first-order chi connectivity index (χ1) is 9.19. The number of carbonyl (C=O) groups is 1. The van der Waals surface area contributed by atoms with Crippen LogP contribution in [0.4, 0.5) is 11.6 Å². The Bertz CT molecular complexity index is 432. The van der Waals surface area contributed by atoms with Crippen molar-refractivity contribution in [2.45, 2.75) is 31.7 Å². The van der Waals surface area contributed by atoms with E-state index in [9.17, 15) is 4.79 Å². The fourth-order valence-corrected chi connectivity index (χ4v) is 2.25. The van der Waals surface area contributed by atoms with Gasteiger partial charge in [-0.2, -0.15) is 0 Å². The molecule has 1 aromatic rings. The van der Waals surface area contributed by atoms with Crippen molar-refractivity contribution in [1.29, 1.82) is 0 Å². The molecule has 6 heteroatoms. The van der Waals surface area contributed by atoms with Gasteiger partial charge in [0.15, 0.2) is 0 Å². The smallest absolute Gasteiger partial charge is 0.325 e. The molecule has 0 bridgehead atoms. The van der Waals surface area contributed by atoms with Crippen LogP contribution in [0.25, 0.3) is 0 Å². The van der Waals surface area contributed by atoms with Crippen molar-refractivity contribution < 1.29 is 9.53 Å². The SMILES string of the molecule is COC(=O)CN(C)c1cc(NC2CCCC2)ncn1. The number of aromatic nitrogens is 2. The monoisotopic (exact) mass is 264 g/mol. The first-order valence-corrected chi connectivity index (χ1v) is 6.55. The molecule has 0 radical (unpaired) electrons. The minimum atomic E-state index is -0.286. The first-order valence-electron chi connectivity index (χ1n) is 6.55. The highest BCUT2D eigenvalue weighted by Gasteiger charge is 2.16. The molecule has 6 nitrogen and oxygen atoms in total. The standard InChI is InChI=1S/C13H20N4O2/c1-17(8-13(18)19-2)12-7-11(14-9-15-12)16-10-5-3-4-6-10/h7,9-10H,3-6,8H2,1-2H3,(H,14,15,16). The number of ether oxygens (including phenoxy) is 1. The first kappa shape index (κ1) is 13.6. The largest absolute Gasteiger partial charge is 0.468 e. The molecule has 0 aliphatic heterocycles. The Hall–Kier alpha value is -1.85. The predicted molar refractivity (Wildman–Crippen MR) is 73.2 cm³/mol. The molecule has 104 valence electrons. The van der Waals surface area contributed by atoms with E-state index in [4.69, 9.17) is 0 Å². The van der Waals surface area contributed by atoms with Gasteiger partial charge in [0, 0.05) is 19.2 Å². The maximum atomic E-state index is 11.2. The Morgan fingerprint density at radius 2 is 2.21 bits per heavy atom. The van der Waals surface area contributed by atoms with Gasteiger partial charge in [-0.25, -0.2) is 9.97 Å². The van der Waals surface area contributed by atoms with Crippen LogP contribution >= 0.6 is 0 Å². The summed E-state index contributed by atoms with van der Waals surface area (Å²) in [5.74, 6) is 1.24. The molecule has 1 aliphatic carbocycles. The number of hydrogen-bond donors (Lipinski definition) is 1. The number of carbonyl (C=O) groups excluding carboxylic acids is 1. The number of esters is 1. The Morgan fingerprint density at radius 3 is 2.89 bits per heavy atom. The number of hydrogen-bond acceptors (Lipinski definition) is 6. The summed E-state index contributed by atoms with van der Waals surface area (Å²) in [7, 11) is 3.18. The summed E-state index contributed by atoms with van der Waals surface area (Å²) in [6, 6.07) is 2.37. The Kier molecular flexibility index (Phi) is 4.54. The molecular weight excluding hydrogens is 244 g/mol. The highest BCUT2D eigenvalue weighted by atomic mass is 16.5. The lowest BCUT2D eigenvalue weighted by atomic mass is 10.2. The van der Waals surface area contributed by atoms with Crippen molar-refractivity contribution in [2.75, 3.05) is 30.9 Å². The summed E-state index contributed by atoms with van der Waals surface area (Å²) < 4.78 is 4.64. The van der Waals surface area contributed by atoms with Crippen LogP contribution in [0, 0.1) is 0 Å². The number of methoxy groups -OCH3 is 1. The van der Waals surface area contributed by atoms with E-state index in [0.717, 1.165) is 5.82 Å². The van der Waals surface area contributed by atoms with Crippen molar-refractivity contribution in [2.24, 2.45) is 0 Å². The van der Waals surface area contributed by atoms with Gasteiger partial charge in [-0.1, -0.05) is 12.8 Å². The molecule has 0 atom stereocenters. The maximum Gasteiger partial charge on any atom is 0.325 e. The second kappa shape index (κ2) is 6.36. The summed E-state index contributed by atoms with van der Waals surface area (Å²) in [6.45, 7) is 0.177. The molecule has 0 spiro atoms. The number of rotatable bonds is 5. The van der Waals surface area contributed by atoms with Gasteiger partial charge in [0.05, 0.1) is 7.11 Å². The van der Waals surface area contributed by atoms with Crippen molar-refractivity contribution in [1.82, 2.24) is 9.97 Å². The molecule has 0 saturated heterocycles. The van der Waals surface area contributed by atoms with Crippen molar-refractivity contribution >= 4 is 17.6 Å². The molecule has 0 unspecified atom stereocenters. The highest BCUT2D eigenvalue weighted by molar-refractivity contribution is 5.75. The third-order valence-electron chi connectivity index (χ3n) is 3.34. The van der Waals surface area contributed by atoms with Crippen LogP contribution in [0.1, 0.15) is 25.7 Å². The average molecular weight is 264 g/mol. The predicted octanol–water partition coefficient (Wildman–Crippen LogP) is 1.44. The zero-order chi connectivity index (χ0) is 13.7. The van der Waals surface area contributed by atoms with E-state index < -0.39 is 0 Å². The van der Waals surface area contributed by atoms with Gasteiger partial charge < -0.3 is 15.0 Å². The Morgan fingerprint density at radius 1 is 1.47 bits per heavy atom. The Balaban J connectivity index is 1.99. The lowest BCUT2D eigenvalue weighted by Crippen LogP contribution is -2.27. The van der Waals surface area contributed by atoms with Gasteiger partial charge in [-0.15, -0.1) is 0 Å². The van der Waals surface area contributed by atoms with Crippen molar-refractivity contribution in [3.63, 3.8) is 0 Å². The van der Waals surface area contributed by atoms with Gasteiger partial charge in [0.25, 0.3) is 0 Å². The second-order valence-corrected chi connectivity index (χ2v) is 4.82. The van der Waals surface area contributed by atoms with E-state index in [1.54, 1.807) is 11.9 Å². The van der Waals surface area contributed by atoms with E-state index in [1.807, 2.05) is 6.07 Å². The van der Waals surface area contributed by atoms with Crippen LogP contribution in [0.15, 0.2) is 12.4 Å². The molecular formula is C13H20N4O2. The highest BCUT2D eigenvalue weighted by Crippen LogP contribution is 2.22. The molecule has 1 aliphatic rings. The zero-order valence-electron chi connectivity index (χ0n) is 11.4. The minimum absolute atomic E-state index is 0.177. The van der Waals surface area contributed by atoms with E-state index in [-0.39, 0.29) is 12.5 Å². The molecule has 1 heterocycles. The molecule has 2 rings (SSSR count). The lowest BCUT2D eigenvalue weighted by Gasteiger charge is -2.18. The van der Waals surface area contributed by atoms with Gasteiger partial charge >= 0.3 is 5.97 Å². The molecule has 1 aromatic heterocycles. The Labute approximate surface area is 113 Å². The van der Waals surface area contributed by atoms with Crippen LogP contribution in [-0.2, 0) is 9.53 Å². The molecule has 1 fully saturated rings. The summed E-state index contributed by atoms with van der Waals surface area (Å²) in [5.41, 5.74) is 0. The van der Waals surface area contributed by atoms with E-state index in [1.165, 1.54) is 39.1 Å². The lowest BCUT2D eigenvalue weighted by molar-refractivity contribution is -0.138.